The lowest BCUT2D eigenvalue weighted by atomic mass is 10.1. The monoisotopic (exact) mass is 294 g/mol. The van der Waals surface area contributed by atoms with E-state index < -0.39 is 25.9 Å². The molecule has 0 aromatic heterocycles. The molecule has 1 aromatic carbocycles. The molecule has 17 heavy (non-hydrogen) atoms. The van der Waals surface area contributed by atoms with E-state index in [4.69, 9.17) is 11.6 Å². The van der Waals surface area contributed by atoms with Crippen molar-refractivity contribution in [2.45, 2.75) is 16.7 Å². The summed E-state index contributed by atoms with van der Waals surface area (Å²) in [6, 6.07) is 2.60. The number of halogens is 1. The molecule has 0 spiro atoms. The van der Waals surface area contributed by atoms with Crippen LogP contribution in [0.1, 0.15) is 15.9 Å². The van der Waals surface area contributed by atoms with E-state index in [1.165, 1.54) is 18.4 Å². The Morgan fingerprint density at radius 3 is 2.24 bits per heavy atom. The molecule has 0 aliphatic heterocycles. The number of sulfone groups is 1. The molecule has 0 N–H and O–H groups in total. The van der Waals surface area contributed by atoms with Gasteiger partial charge in [0.2, 0.25) is 0 Å². The van der Waals surface area contributed by atoms with Gasteiger partial charge in [0.1, 0.15) is 0 Å². The summed E-state index contributed by atoms with van der Waals surface area (Å²) < 4.78 is 34.6. The predicted molar refractivity (Wildman–Crippen MR) is 66.8 cm³/mol. The molecule has 4 nitrogen and oxygen atoms in total. The highest BCUT2D eigenvalue weighted by atomic mass is 35.5. The minimum absolute atomic E-state index is 0.112. The molecule has 0 aliphatic carbocycles. The van der Waals surface area contributed by atoms with Crippen LogP contribution in [0.15, 0.2) is 21.9 Å². The van der Waals surface area contributed by atoms with Crippen molar-refractivity contribution >= 4 is 37.5 Å². The highest BCUT2D eigenvalue weighted by Crippen LogP contribution is 2.24. The normalized spacial score (nSPS) is 13.4. The lowest BCUT2D eigenvalue weighted by Gasteiger charge is -2.09. The van der Waals surface area contributed by atoms with E-state index in [0.717, 1.165) is 6.26 Å². The molecule has 1 aromatic rings. The minimum Gasteiger partial charge on any atom is -0.276 e. The van der Waals surface area contributed by atoms with Crippen LogP contribution in [-0.4, -0.2) is 30.4 Å². The lowest BCUT2D eigenvalue weighted by molar-refractivity contribution is 0.108. The van der Waals surface area contributed by atoms with Gasteiger partial charge in [0.25, 0.3) is 5.24 Å². The maximum atomic E-state index is 11.6. The van der Waals surface area contributed by atoms with Gasteiger partial charge in [-0.15, -0.1) is 0 Å². The fourth-order valence-electron chi connectivity index (χ4n) is 1.39. The summed E-state index contributed by atoms with van der Waals surface area (Å²) in [5.41, 5.74) is 0.615. The number of carbonyl (C=O) groups is 1. The van der Waals surface area contributed by atoms with E-state index >= 15 is 0 Å². The first-order chi connectivity index (χ1) is 7.64. The van der Waals surface area contributed by atoms with Crippen LogP contribution in [0.5, 0.6) is 0 Å². The van der Waals surface area contributed by atoms with Crippen LogP contribution in [0.4, 0.5) is 0 Å². The second-order valence-corrected chi connectivity index (χ2v) is 7.29. The average molecular weight is 295 g/mol. The highest BCUT2D eigenvalue weighted by molar-refractivity contribution is 7.92. The van der Waals surface area contributed by atoms with Gasteiger partial charge in [-0.3, -0.25) is 9.00 Å². The first-order valence-electron chi connectivity index (χ1n) is 4.52. The average Bonchev–Trinajstić information content (AvgIpc) is 2.14. The number of aryl methyl sites for hydroxylation is 1. The van der Waals surface area contributed by atoms with Gasteiger partial charge < -0.3 is 0 Å². The summed E-state index contributed by atoms with van der Waals surface area (Å²) in [4.78, 5) is 11.2. The summed E-state index contributed by atoms with van der Waals surface area (Å²) in [6.07, 6.45) is 2.38. The van der Waals surface area contributed by atoms with E-state index in [2.05, 4.69) is 0 Å². The quantitative estimate of drug-likeness (QED) is 0.793. The Morgan fingerprint density at radius 1 is 1.35 bits per heavy atom. The Hall–Kier alpha value is -0.720. The van der Waals surface area contributed by atoms with E-state index in [1.807, 2.05) is 0 Å². The van der Waals surface area contributed by atoms with Gasteiger partial charge in [-0.05, 0) is 36.2 Å². The molecular formula is C10H11ClO4S2. The van der Waals surface area contributed by atoms with Gasteiger partial charge in [0.15, 0.2) is 9.84 Å². The maximum absolute atomic E-state index is 11.6. The summed E-state index contributed by atoms with van der Waals surface area (Å²) in [6.45, 7) is 1.61. The van der Waals surface area contributed by atoms with Gasteiger partial charge in [-0.1, -0.05) is 0 Å². The van der Waals surface area contributed by atoms with Crippen LogP contribution in [0.3, 0.4) is 0 Å². The van der Waals surface area contributed by atoms with Crippen LogP contribution in [0.2, 0.25) is 0 Å². The van der Waals surface area contributed by atoms with Crippen LogP contribution >= 0.6 is 11.6 Å². The van der Waals surface area contributed by atoms with Crippen LogP contribution in [-0.2, 0) is 20.6 Å². The zero-order valence-electron chi connectivity index (χ0n) is 9.48. The summed E-state index contributed by atoms with van der Waals surface area (Å²) in [7, 11) is -5.01. The zero-order chi connectivity index (χ0) is 13.4. The first-order valence-corrected chi connectivity index (χ1v) is 8.35. The third-order valence-electron chi connectivity index (χ3n) is 2.21. The fourth-order valence-corrected chi connectivity index (χ4v) is 3.84. The molecule has 0 fully saturated rings. The molecule has 94 valence electrons. The summed E-state index contributed by atoms with van der Waals surface area (Å²) in [5.74, 6) is 0. The van der Waals surface area contributed by atoms with Crippen LogP contribution < -0.4 is 0 Å². The maximum Gasteiger partial charge on any atom is 0.252 e. The molecule has 0 amide bonds. The number of benzene rings is 1. The molecule has 0 aliphatic rings. The van der Waals surface area contributed by atoms with Gasteiger partial charge in [-0.25, -0.2) is 8.42 Å². The molecule has 1 rings (SSSR count). The number of rotatable bonds is 3. The fraction of sp³-hybridized carbons (Fsp3) is 0.300. The van der Waals surface area contributed by atoms with Crippen LogP contribution in [0, 0.1) is 6.92 Å². The van der Waals surface area contributed by atoms with Crippen molar-refractivity contribution in [3.05, 3.63) is 23.3 Å². The Labute approximate surface area is 107 Å². The van der Waals surface area contributed by atoms with E-state index in [9.17, 15) is 17.4 Å². The first kappa shape index (κ1) is 14.3. The Kier molecular flexibility index (Phi) is 4.11. The third kappa shape index (κ3) is 3.14. The molecule has 0 bridgehead atoms. The van der Waals surface area contributed by atoms with Crippen molar-refractivity contribution in [2.75, 3.05) is 12.5 Å². The standard InChI is InChI=1S/C10H11ClO4S2/c1-6-4-8(16(2)13)9(17(3,14)15)5-7(6)10(11)12/h4-5H,1-3H3. The van der Waals surface area contributed by atoms with Gasteiger partial charge in [0.05, 0.1) is 20.6 Å². The van der Waals surface area contributed by atoms with Crippen molar-refractivity contribution in [2.24, 2.45) is 0 Å². The number of carbonyl (C=O) groups excluding carboxylic acids is 1. The topological polar surface area (TPSA) is 68.3 Å². The largest absolute Gasteiger partial charge is 0.276 e. The van der Waals surface area contributed by atoms with E-state index in [-0.39, 0.29) is 15.4 Å². The Morgan fingerprint density at radius 2 is 1.88 bits per heavy atom. The molecular weight excluding hydrogens is 284 g/mol. The van der Waals surface area contributed by atoms with Crippen molar-refractivity contribution < 1.29 is 17.4 Å². The SMILES string of the molecule is Cc1cc(S(C)=O)c(S(C)(=O)=O)cc1C(=O)Cl. The molecule has 0 radical (unpaired) electrons. The Bertz CT molecular complexity index is 605. The van der Waals surface area contributed by atoms with Crippen molar-refractivity contribution in [1.29, 1.82) is 0 Å². The van der Waals surface area contributed by atoms with Gasteiger partial charge >= 0.3 is 0 Å². The molecule has 0 heterocycles. The second-order valence-electron chi connectivity index (χ2n) is 3.61. The second kappa shape index (κ2) is 4.88. The lowest BCUT2D eigenvalue weighted by Crippen LogP contribution is -2.07. The molecule has 7 heteroatoms. The Balaban J connectivity index is 3.72. The predicted octanol–water partition coefficient (Wildman–Crippen LogP) is 1.51. The number of hydrogen-bond donors (Lipinski definition) is 0. The zero-order valence-corrected chi connectivity index (χ0v) is 11.9. The smallest absolute Gasteiger partial charge is 0.252 e. The molecule has 1 atom stereocenters. The van der Waals surface area contributed by atoms with Crippen molar-refractivity contribution in [3.63, 3.8) is 0 Å². The van der Waals surface area contributed by atoms with Gasteiger partial charge in [-0.2, -0.15) is 0 Å². The van der Waals surface area contributed by atoms with Crippen molar-refractivity contribution in [1.82, 2.24) is 0 Å². The summed E-state index contributed by atoms with van der Waals surface area (Å²) in [5, 5.41) is -0.735. The molecule has 0 saturated carbocycles. The minimum atomic E-state index is -3.56. The number of hydrogen-bond acceptors (Lipinski definition) is 4. The van der Waals surface area contributed by atoms with E-state index in [1.54, 1.807) is 6.92 Å². The highest BCUT2D eigenvalue weighted by Gasteiger charge is 2.20. The summed E-state index contributed by atoms with van der Waals surface area (Å²) >= 11 is 5.35. The molecule has 1 unspecified atom stereocenters. The third-order valence-corrected chi connectivity index (χ3v) is 4.64. The van der Waals surface area contributed by atoms with Crippen LogP contribution in [0.25, 0.3) is 0 Å². The van der Waals surface area contributed by atoms with Gasteiger partial charge in [0, 0.05) is 18.1 Å². The van der Waals surface area contributed by atoms with E-state index in [0.29, 0.717) is 5.56 Å². The molecule has 0 saturated heterocycles. The van der Waals surface area contributed by atoms with Crippen molar-refractivity contribution in [3.8, 4) is 0 Å².